The molecule has 0 aromatic carbocycles. The Labute approximate surface area is 36.2 Å². The molecule has 0 heterocycles. The Morgan fingerprint density at radius 1 is 1.83 bits per heavy atom. The molecule has 3 nitrogen and oxygen atoms in total. The van der Waals surface area contributed by atoms with Gasteiger partial charge in [0.05, 0.1) is 0 Å². The highest BCUT2D eigenvalue weighted by Gasteiger charge is 1.91. The van der Waals surface area contributed by atoms with E-state index in [1.54, 1.807) is 0 Å². The van der Waals surface area contributed by atoms with Gasteiger partial charge in [0.25, 0.3) is 0 Å². The Kier molecular flexibility index (Phi) is 2.81. The first kappa shape index (κ1) is 5.73. The van der Waals surface area contributed by atoms with Crippen molar-refractivity contribution >= 4 is 14.0 Å². The lowest BCUT2D eigenvalue weighted by atomic mass is 10.8. The zero-order valence-electron chi connectivity index (χ0n) is 2.92. The zero-order chi connectivity index (χ0) is 4.99. The van der Waals surface area contributed by atoms with Crippen LogP contribution in [-0.2, 0) is 9.36 Å². The quantitative estimate of drug-likeness (QED) is 0.496. The highest BCUT2D eigenvalue weighted by molar-refractivity contribution is 7.46. The van der Waals surface area contributed by atoms with Crippen LogP contribution in [0, 0.1) is 0 Å². The third-order valence-electron chi connectivity index (χ3n) is 0.237. The fourth-order valence-electron chi connectivity index (χ4n) is 0.0289. The van der Waals surface area contributed by atoms with Crippen molar-refractivity contribution in [3.05, 3.63) is 0 Å². The largest absolute Gasteiger partial charge is 0.388 e. The summed E-state index contributed by atoms with van der Waals surface area (Å²) in [5, 5.41) is 7.78. The number of aliphatic hydroxyl groups is 1. The van der Waals surface area contributed by atoms with Gasteiger partial charge in [0.1, 0.15) is 6.61 Å². The molecule has 0 saturated heterocycles. The Hall–Kier alpha value is -0.270. The highest BCUT2D eigenvalue weighted by Crippen LogP contribution is 1.88. The van der Waals surface area contributed by atoms with Gasteiger partial charge < -0.3 is 5.11 Å². The average molecular weight is 106 g/mol. The van der Waals surface area contributed by atoms with E-state index in [0.29, 0.717) is 0 Å². The summed E-state index contributed by atoms with van der Waals surface area (Å²) < 4.78 is 9.32. The topological polar surface area (TPSA) is 54.4 Å². The number of hydrogen-bond acceptors (Lipinski definition) is 3. The Morgan fingerprint density at radius 3 is 2.33 bits per heavy atom. The van der Waals surface area contributed by atoms with Crippen molar-refractivity contribution in [2.24, 2.45) is 0 Å². The van der Waals surface area contributed by atoms with Crippen LogP contribution in [0.2, 0.25) is 0 Å². The Balaban J connectivity index is 3.23. The van der Waals surface area contributed by atoms with Crippen molar-refractivity contribution in [2.75, 3.05) is 6.61 Å². The smallest absolute Gasteiger partial charge is 0.248 e. The van der Waals surface area contributed by atoms with Gasteiger partial charge in [-0.2, -0.15) is 0 Å². The molecule has 0 fully saturated rings. The van der Waals surface area contributed by atoms with Gasteiger partial charge >= 0.3 is 0 Å². The van der Waals surface area contributed by atoms with Gasteiger partial charge in [0.15, 0.2) is 0 Å². The maximum Gasteiger partial charge on any atom is 0.248 e. The van der Waals surface area contributed by atoms with Crippen LogP contribution in [0.25, 0.3) is 0 Å². The molecule has 0 bridgehead atoms. The first-order chi connectivity index (χ1) is 2.81. The predicted molar refractivity (Wildman–Crippen MR) is 19.7 cm³/mol. The summed E-state index contributed by atoms with van der Waals surface area (Å²) in [5.74, 6) is 0. The van der Waals surface area contributed by atoms with Gasteiger partial charge in [0.2, 0.25) is 14.0 Å². The molecule has 0 aliphatic carbocycles. The molecule has 0 aromatic heterocycles. The van der Waals surface area contributed by atoms with Crippen LogP contribution in [0.1, 0.15) is 0 Å². The molecule has 0 atom stereocenters. The van der Waals surface area contributed by atoms with Crippen LogP contribution in [-0.4, -0.2) is 17.2 Å². The van der Waals surface area contributed by atoms with E-state index in [1.165, 1.54) is 0 Å². The lowest BCUT2D eigenvalue weighted by molar-refractivity contribution is -0.113. The summed E-state index contributed by atoms with van der Waals surface area (Å²) in [6, 6.07) is 0. The Bertz CT molecular complexity index is 69.2. The number of hydrogen-bond donors (Lipinski definition) is 1. The molecule has 0 saturated carbocycles. The third-order valence-corrected chi connectivity index (χ3v) is 0.582. The second kappa shape index (κ2) is 2.94. The molecule has 34 valence electrons. The summed E-state index contributed by atoms with van der Waals surface area (Å²) in [5.41, 5.74) is -0.685. The molecule has 4 heteroatoms. The summed E-state index contributed by atoms with van der Waals surface area (Å²) in [7, 11) is -0.611. The van der Waals surface area contributed by atoms with E-state index in [9.17, 15) is 9.36 Å². The maximum absolute atomic E-state index is 9.61. The fourth-order valence-corrected chi connectivity index (χ4v) is 0.0866. The second-order valence-electron chi connectivity index (χ2n) is 0.643. The van der Waals surface area contributed by atoms with Crippen molar-refractivity contribution in [1.29, 1.82) is 0 Å². The van der Waals surface area contributed by atoms with E-state index in [-0.39, 0.29) is 0 Å². The molecule has 0 amide bonds. The Morgan fingerprint density at radius 2 is 2.33 bits per heavy atom. The molecule has 0 unspecified atom stereocenters. The van der Waals surface area contributed by atoms with Gasteiger partial charge in [-0.3, -0.25) is 9.36 Å². The van der Waals surface area contributed by atoms with Crippen molar-refractivity contribution < 1.29 is 14.5 Å². The van der Waals surface area contributed by atoms with Gasteiger partial charge in [0, 0.05) is 0 Å². The summed E-state index contributed by atoms with van der Waals surface area (Å²) in [6.07, 6.45) is 0. The van der Waals surface area contributed by atoms with Crippen LogP contribution in [0.15, 0.2) is 0 Å². The van der Waals surface area contributed by atoms with Crippen LogP contribution >= 0.6 is 8.46 Å². The molecule has 0 radical (unpaired) electrons. The normalized spacial score (nSPS) is 8.83. The summed E-state index contributed by atoms with van der Waals surface area (Å²) in [6.45, 7) is -0.634. The monoisotopic (exact) mass is 106 g/mol. The molecule has 1 N–H and O–H groups in total. The minimum atomic E-state index is -0.685. The minimum absolute atomic E-state index is 0.611. The molecule has 0 aliphatic heterocycles. The molecule has 0 aromatic rings. The van der Waals surface area contributed by atoms with Crippen LogP contribution in [0.5, 0.6) is 0 Å². The molecular weight excluding hydrogens is 103 g/mol. The van der Waals surface area contributed by atoms with Gasteiger partial charge in [-0.25, -0.2) is 0 Å². The van der Waals surface area contributed by atoms with Crippen molar-refractivity contribution in [3.63, 3.8) is 0 Å². The first-order valence-corrected chi connectivity index (χ1v) is 2.09. The van der Waals surface area contributed by atoms with E-state index in [2.05, 4.69) is 0 Å². The van der Waals surface area contributed by atoms with Gasteiger partial charge in [-0.1, -0.05) is 0 Å². The standard InChI is InChI=1S/C2H3O3P/c3-1-2(4)6-5/h3H,1H2. The summed E-state index contributed by atoms with van der Waals surface area (Å²) >= 11 is 0. The average Bonchev–Trinajstić information content (AvgIpc) is 1.65. The SMILES string of the molecule is O=PC(=O)CO. The van der Waals surface area contributed by atoms with E-state index in [1.807, 2.05) is 0 Å². The fraction of sp³-hybridized carbons (Fsp3) is 0.500. The number of carbonyl (C=O) groups is 1. The van der Waals surface area contributed by atoms with Gasteiger partial charge in [-0.05, 0) is 0 Å². The van der Waals surface area contributed by atoms with Crippen molar-refractivity contribution in [3.8, 4) is 0 Å². The number of rotatable bonds is 2. The predicted octanol–water partition coefficient (Wildman–Crippen LogP) is -0.203. The lowest BCUT2D eigenvalue weighted by Crippen LogP contribution is -1.90. The molecular formula is C2H3O3P. The van der Waals surface area contributed by atoms with Crippen molar-refractivity contribution in [1.82, 2.24) is 0 Å². The first-order valence-electron chi connectivity index (χ1n) is 1.28. The van der Waals surface area contributed by atoms with Crippen LogP contribution < -0.4 is 0 Å². The number of aliphatic hydroxyl groups excluding tert-OH is 1. The second-order valence-corrected chi connectivity index (χ2v) is 1.32. The van der Waals surface area contributed by atoms with E-state index < -0.39 is 20.6 Å². The molecule has 0 aliphatic rings. The van der Waals surface area contributed by atoms with Gasteiger partial charge in [-0.15, -0.1) is 0 Å². The maximum atomic E-state index is 9.61. The third kappa shape index (κ3) is 2.00. The van der Waals surface area contributed by atoms with E-state index in [0.717, 1.165) is 0 Å². The molecule has 0 spiro atoms. The summed E-state index contributed by atoms with van der Waals surface area (Å²) in [4.78, 5) is 9.61. The van der Waals surface area contributed by atoms with E-state index >= 15 is 0 Å². The van der Waals surface area contributed by atoms with E-state index in [4.69, 9.17) is 5.11 Å². The lowest BCUT2D eigenvalue weighted by Gasteiger charge is -1.70. The highest BCUT2D eigenvalue weighted by atomic mass is 31.1. The van der Waals surface area contributed by atoms with Crippen LogP contribution in [0.3, 0.4) is 0 Å². The molecule has 6 heavy (non-hydrogen) atoms. The van der Waals surface area contributed by atoms with Crippen molar-refractivity contribution in [2.45, 2.75) is 0 Å². The van der Waals surface area contributed by atoms with Crippen LogP contribution in [0.4, 0.5) is 0 Å². The molecule has 0 rings (SSSR count). The minimum Gasteiger partial charge on any atom is -0.388 e. The zero-order valence-corrected chi connectivity index (χ0v) is 3.81. The number of carbonyl (C=O) groups excluding carboxylic acids is 1.